The van der Waals surface area contributed by atoms with E-state index in [-0.39, 0.29) is 5.91 Å². The fourth-order valence-corrected chi connectivity index (χ4v) is 3.19. The van der Waals surface area contributed by atoms with Crippen LogP contribution in [0.5, 0.6) is 0 Å². The van der Waals surface area contributed by atoms with Crippen LogP contribution in [0.4, 0.5) is 0 Å². The lowest BCUT2D eigenvalue weighted by Gasteiger charge is -2.39. The molecule has 0 aromatic rings. The van der Waals surface area contributed by atoms with Crippen molar-refractivity contribution in [3.8, 4) is 0 Å². The second kappa shape index (κ2) is 5.07. The van der Waals surface area contributed by atoms with Crippen molar-refractivity contribution in [2.24, 2.45) is 0 Å². The van der Waals surface area contributed by atoms with Crippen LogP contribution < -0.4 is 0 Å². The number of carbonyl (C=O) groups is 2. The molecule has 0 spiro atoms. The van der Waals surface area contributed by atoms with Crippen LogP contribution in [0.15, 0.2) is 0 Å². The maximum atomic E-state index is 11.8. The first-order chi connectivity index (χ1) is 8.17. The van der Waals surface area contributed by atoms with Crippen molar-refractivity contribution in [3.63, 3.8) is 0 Å². The summed E-state index contributed by atoms with van der Waals surface area (Å²) in [6, 6.07) is 0. The van der Waals surface area contributed by atoms with E-state index < -0.39 is 11.5 Å². The molecule has 4 heteroatoms. The van der Waals surface area contributed by atoms with Crippen molar-refractivity contribution in [1.82, 2.24) is 4.90 Å². The first-order valence-electron chi connectivity index (χ1n) is 6.71. The van der Waals surface area contributed by atoms with Crippen LogP contribution in [0.3, 0.4) is 0 Å². The highest BCUT2D eigenvalue weighted by Gasteiger charge is 2.47. The number of carbonyl (C=O) groups excluding carboxylic acids is 1. The molecule has 1 aliphatic carbocycles. The molecule has 0 unspecified atom stereocenters. The Morgan fingerprint density at radius 2 is 1.65 bits per heavy atom. The van der Waals surface area contributed by atoms with E-state index in [4.69, 9.17) is 0 Å². The Morgan fingerprint density at radius 3 is 2.12 bits per heavy atom. The lowest BCUT2D eigenvalue weighted by atomic mass is 9.82. The summed E-state index contributed by atoms with van der Waals surface area (Å²) in [6.45, 7) is 0.630. The molecule has 1 aliphatic heterocycles. The third-order valence-electron chi connectivity index (χ3n) is 4.17. The molecule has 1 saturated heterocycles. The highest BCUT2D eigenvalue weighted by molar-refractivity contribution is 5.88. The molecule has 4 nitrogen and oxygen atoms in total. The van der Waals surface area contributed by atoms with Crippen molar-refractivity contribution >= 4 is 11.9 Å². The summed E-state index contributed by atoms with van der Waals surface area (Å²) < 4.78 is 0. The smallest absolute Gasteiger partial charge is 0.329 e. The van der Waals surface area contributed by atoms with Gasteiger partial charge in [0.25, 0.3) is 0 Å². The van der Waals surface area contributed by atoms with Crippen molar-refractivity contribution in [2.45, 2.75) is 63.3 Å². The number of rotatable bonds is 2. The minimum atomic E-state index is -0.895. The number of likely N-dealkylation sites (tertiary alicyclic amines) is 1. The normalized spacial score (nSPS) is 25.4. The van der Waals surface area contributed by atoms with E-state index in [1.165, 1.54) is 6.42 Å². The number of aliphatic carboxylic acids is 1. The zero-order chi connectivity index (χ0) is 12.3. The summed E-state index contributed by atoms with van der Waals surface area (Å²) in [5.74, 6) is -0.761. The Balaban J connectivity index is 2.22. The summed E-state index contributed by atoms with van der Waals surface area (Å²) in [6.07, 6.45) is 7.84. The molecule has 17 heavy (non-hydrogen) atoms. The summed E-state index contributed by atoms with van der Waals surface area (Å²) in [7, 11) is 0. The average Bonchev–Trinajstić information content (AvgIpc) is 2.65. The Kier molecular flexibility index (Phi) is 3.69. The highest BCUT2D eigenvalue weighted by atomic mass is 16.4. The second-order valence-corrected chi connectivity index (χ2v) is 5.25. The van der Waals surface area contributed by atoms with E-state index in [0.717, 1.165) is 32.1 Å². The van der Waals surface area contributed by atoms with Crippen molar-refractivity contribution < 1.29 is 14.7 Å². The molecule has 1 heterocycles. The van der Waals surface area contributed by atoms with E-state index in [0.29, 0.717) is 25.8 Å². The molecule has 0 radical (unpaired) electrons. The van der Waals surface area contributed by atoms with Crippen LogP contribution >= 0.6 is 0 Å². The lowest BCUT2D eigenvalue weighted by Crippen LogP contribution is -2.55. The van der Waals surface area contributed by atoms with Crippen LogP contribution in [0, 0.1) is 0 Å². The summed E-state index contributed by atoms with van der Waals surface area (Å²) in [5.41, 5.74) is -0.895. The van der Waals surface area contributed by atoms with Crippen LogP contribution in [0.25, 0.3) is 0 Å². The van der Waals surface area contributed by atoms with E-state index in [9.17, 15) is 14.7 Å². The Labute approximate surface area is 102 Å². The minimum Gasteiger partial charge on any atom is -0.479 e. The van der Waals surface area contributed by atoms with E-state index in [1.54, 1.807) is 4.90 Å². The van der Waals surface area contributed by atoms with Gasteiger partial charge in [-0.1, -0.05) is 32.1 Å². The molecule has 0 aromatic heterocycles. The fraction of sp³-hybridized carbons (Fsp3) is 0.846. The standard InChI is InChI=1S/C13H21NO3/c15-11-7-6-10-14(11)13(12(16)17)8-4-2-1-3-5-9-13/h1-10H2,(H,16,17). The van der Waals surface area contributed by atoms with Gasteiger partial charge in [0.1, 0.15) is 5.54 Å². The maximum absolute atomic E-state index is 11.8. The Morgan fingerprint density at radius 1 is 1.06 bits per heavy atom. The monoisotopic (exact) mass is 239 g/mol. The van der Waals surface area contributed by atoms with Gasteiger partial charge >= 0.3 is 5.97 Å². The maximum Gasteiger partial charge on any atom is 0.329 e. The van der Waals surface area contributed by atoms with Crippen molar-refractivity contribution in [1.29, 1.82) is 0 Å². The third kappa shape index (κ3) is 2.31. The highest BCUT2D eigenvalue weighted by Crippen LogP contribution is 2.35. The topological polar surface area (TPSA) is 57.6 Å². The molecule has 1 N–H and O–H groups in total. The van der Waals surface area contributed by atoms with Crippen LogP contribution in [-0.2, 0) is 9.59 Å². The Bertz CT molecular complexity index is 306. The number of amides is 1. The van der Waals surface area contributed by atoms with Gasteiger partial charge in [0.2, 0.25) is 5.91 Å². The molecular formula is C13H21NO3. The molecule has 1 saturated carbocycles. The quantitative estimate of drug-likeness (QED) is 0.803. The first-order valence-corrected chi connectivity index (χ1v) is 6.71. The van der Waals surface area contributed by atoms with E-state index in [2.05, 4.69) is 0 Å². The van der Waals surface area contributed by atoms with Gasteiger partial charge in [0.05, 0.1) is 0 Å². The van der Waals surface area contributed by atoms with Gasteiger partial charge in [-0.05, 0) is 19.3 Å². The predicted octanol–water partition coefficient (Wildman–Crippen LogP) is 2.18. The summed E-state index contributed by atoms with van der Waals surface area (Å²) in [4.78, 5) is 25.2. The largest absolute Gasteiger partial charge is 0.479 e. The molecule has 2 rings (SSSR count). The van der Waals surface area contributed by atoms with E-state index >= 15 is 0 Å². The van der Waals surface area contributed by atoms with Gasteiger partial charge in [0, 0.05) is 13.0 Å². The van der Waals surface area contributed by atoms with Gasteiger partial charge in [-0.25, -0.2) is 4.79 Å². The number of hydrogen-bond acceptors (Lipinski definition) is 2. The lowest BCUT2D eigenvalue weighted by molar-refractivity contribution is -0.159. The van der Waals surface area contributed by atoms with Crippen LogP contribution in [0.1, 0.15) is 57.8 Å². The molecule has 0 aromatic carbocycles. The number of carboxylic acid groups (broad SMARTS) is 1. The summed E-state index contributed by atoms with van der Waals surface area (Å²) >= 11 is 0. The number of nitrogens with zero attached hydrogens (tertiary/aromatic N) is 1. The minimum absolute atomic E-state index is 0.0352. The Hall–Kier alpha value is -1.06. The van der Waals surface area contributed by atoms with Gasteiger partial charge in [-0.3, -0.25) is 4.79 Å². The average molecular weight is 239 g/mol. The van der Waals surface area contributed by atoms with Gasteiger partial charge in [0.15, 0.2) is 0 Å². The molecule has 1 amide bonds. The number of hydrogen-bond donors (Lipinski definition) is 1. The molecule has 2 fully saturated rings. The fourth-order valence-electron chi connectivity index (χ4n) is 3.19. The van der Waals surface area contributed by atoms with Gasteiger partial charge in [-0.15, -0.1) is 0 Å². The summed E-state index contributed by atoms with van der Waals surface area (Å²) in [5, 5.41) is 9.59. The van der Waals surface area contributed by atoms with Crippen LogP contribution in [0.2, 0.25) is 0 Å². The molecule has 2 aliphatic rings. The van der Waals surface area contributed by atoms with Gasteiger partial charge in [-0.2, -0.15) is 0 Å². The van der Waals surface area contributed by atoms with Crippen LogP contribution in [-0.4, -0.2) is 34.0 Å². The number of carboxylic acids is 1. The SMILES string of the molecule is O=C1CCCN1C1(C(=O)O)CCCCCCC1. The molecule has 0 bridgehead atoms. The zero-order valence-electron chi connectivity index (χ0n) is 10.3. The van der Waals surface area contributed by atoms with E-state index in [1.807, 2.05) is 0 Å². The molecular weight excluding hydrogens is 218 g/mol. The second-order valence-electron chi connectivity index (χ2n) is 5.25. The first kappa shape index (κ1) is 12.4. The van der Waals surface area contributed by atoms with Crippen molar-refractivity contribution in [2.75, 3.05) is 6.54 Å². The predicted molar refractivity (Wildman–Crippen MR) is 63.6 cm³/mol. The molecule has 96 valence electrons. The molecule has 0 atom stereocenters. The van der Waals surface area contributed by atoms with Gasteiger partial charge < -0.3 is 10.0 Å². The van der Waals surface area contributed by atoms with Crippen molar-refractivity contribution in [3.05, 3.63) is 0 Å². The zero-order valence-corrected chi connectivity index (χ0v) is 10.3. The third-order valence-corrected chi connectivity index (χ3v) is 4.17.